The summed E-state index contributed by atoms with van der Waals surface area (Å²) in [6.45, 7) is 3.00. The summed E-state index contributed by atoms with van der Waals surface area (Å²) < 4.78 is 5.21. The maximum absolute atomic E-state index is 11.8. The molecule has 128 valence electrons. The Hall–Kier alpha value is -2.04. The summed E-state index contributed by atoms with van der Waals surface area (Å²) in [4.78, 5) is 23.5. The smallest absolute Gasteiger partial charge is 0.309 e. The van der Waals surface area contributed by atoms with Crippen molar-refractivity contribution in [3.05, 3.63) is 29.8 Å². The molecule has 0 aliphatic heterocycles. The molecule has 0 saturated carbocycles. The van der Waals surface area contributed by atoms with Crippen LogP contribution in [0.2, 0.25) is 0 Å². The molecule has 23 heavy (non-hydrogen) atoms. The fourth-order valence-electron chi connectivity index (χ4n) is 2.29. The van der Waals surface area contributed by atoms with Gasteiger partial charge >= 0.3 is 11.8 Å². The molecule has 0 bridgehead atoms. The Balaban J connectivity index is 2.20. The molecular weight excluding hydrogens is 292 g/mol. The summed E-state index contributed by atoms with van der Waals surface area (Å²) in [5.74, 6) is -0.490. The molecule has 0 aromatic heterocycles. The van der Waals surface area contributed by atoms with Crippen LogP contribution in [0.15, 0.2) is 24.3 Å². The minimum Gasteiger partial charge on any atom is -0.496 e. The zero-order valence-corrected chi connectivity index (χ0v) is 14.2. The summed E-state index contributed by atoms with van der Waals surface area (Å²) in [7, 11) is 1.58. The van der Waals surface area contributed by atoms with Crippen LogP contribution in [0.4, 0.5) is 0 Å². The molecule has 0 aliphatic rings. The molecule has 5 nitrogen and oxygen atoms in total. The molecular formula is C18H28N2O3. The highest BCUT2D eigenvalue weighted by atomic mass is 16.5. The zero-order chi connectivity index (χ0) is 16.9. The van der Waals surface area contributed by atoms with Crippen LogP contribution in [0.25, 0.3) is 0 Å². The van der Waals surface area contributed by atoms with E-state index in [4.69, 9.17) is 4.74 Å². The maximum Gasteiger partial charge on any atom is 0.309 e. The summed E-state index contributed by atoms with van der Waals surface area (Å²) >= 11 is 0. The average Bonchev–Trinajstić information content (AvgIpc) is 2.58. The Kier molecular flexibility index (Phi) is 9.52. The van der Waals surface area contributed by atoms with E-state index in [-0.39, 0.29) is 6.54 Å². The van der Waals surface area contributed by atoms with Gasteiger partial charge in [-0.3, -0.25) is 9.59 Å². The zero-order valence-electron chi connectivity index (χ0n) is 14.2. The van der Waals surface area contributed by atoms with Gasteiger partial charge in [0.1, 0.15) is 5.75 Å². The lowest BCUT2D eigenvalue weighted by molar-refractivity contribution is -0.139. The molecule has 2 amide bonds. The number of para-hydroxylation sites is 1. The van der Waals surface area contributed by atoms with Crippen molar-refractivity contribution in [1.29, 1.82) is 0 Å². The number of carbonyl (C=O) groups is 2. The lowest BCUT2D eigenvalue weighted by Gasteiger charge is -2.09. The monoisotopic (exact) mass is 320 g/mol. The van der Waals surface area contributed by atoms with E-state index in [2.05, 4.69) is 17.6 Å². The maximum atomic E-state index is 11.8. The molecule has 0 aliphatic carbocycles. The third-order valence-electron chi connectivity index (χ3n) is 3.65. The lowest BCUT2D eigenvalue weighted by Crippen LogP contribution is -2.39. The molecule has 0 fully saturated rings. The minimum atomic E-state index is -0.609. The second-order valence-corrected chi connectivity index (χ2v) is 5.52. The normalized spacial score (nSPS) is 10.2. The highest BCUT2D eigenvalue weighted by molar-refractivity contribution is 6.35. The second-order valence-electron chi connectivity index (χ2n) is 5.52. The van der Waals surface area contributed by atoms with Crippen molar-refractivity contribution in [3.63, 3.8) is 0 Å². The van der Waals surface area contributed by atoms with Crippen molar-refractivity contribution in [2.45, 2.75) is 52.0 Å². The highest BCUT2D eigenvalue weighted by Gasteiger charge is 2.13. The molecule has 1 rings (SSSR count). The summed E-state index contributed by atoms with van der Waals surface area (Å²) in [5, 5.41) is 5.27. The van der Waals surface area contributed by atoms with Crippen LogP contribution < -0.4 is 15.4 Å². The third-order valence-corrected chi connectivity index (χ3v) is 3.65. The van der Waals surface area contributed by atoms with Gasteiger partial charge in [0.05, 0.1) is 7.11 Å². The number of benzene rings is 1. The van der Waals surface area contributed by atoms with Gasteiger partial charge in [-0.05, 0) is 12.5 Å². The van der Waals surface area contributed by atoms with Crippen LogP contribution in [-0.4, -0.2) is 25.5 Å². The average molecular weight is 320 g/mol. The first kappa shape index (κ1) is 19.0. The van der Waals surface area contributed by atoms with Gasteiger partial charge in [0.15, 0.2) is 0 Å². The Morgan fingerprint density at radius 1 is 0.957 bits per heavy atom. The molecule has 0 atom stereocenters. The van der Waals surface area contributed by atoms with Crippen molar-refractivity contribution < 1.29 is 14.3 Å². The lowest BCUT2D eigenvalue weighted by atomic mass is 10.1. The number of hydrogen-bond acceptors (Lipinski definition) is 3. The van der Waals surface area contributed by atoms with E-state index in [1.54, 1.807) is 7.11 Å². The highest BCUT2D eigenvalue weighted by Crippen LogP contribution is 2.16. The minimum absolute atomic E-state index is 0.271. The Bertz CT molecular complexity index is 489. The molecule has 0 unspecified atom stereocenters. The van der Waals surface area contributed by atoms with Gasteiger partial charge in [-0.1, -0.05) is 57.2 Å². The second kappa shape index (κ2) is 11.5. The van der Waals surface area contributed by atoms with Gasteiger partial charge in [0.2, 0.25) is 0 Å². The van der Waals surface area contributed by atoms with Crippen LogP contribution in [0, 0.1) is 0 Å². The molecule has 0 heterocycles. The van der Waals surface area contributed by atoms with Crippen LogP contribution >= 0.6 is 0 Å². The van der Waals surface area contributed by atoms with E-state index in [0.29, 0.717) is 12.3 Å². The molecule has 1 aromatic carbocycles. The number of ether oxygens (including phenoxy) is 1. The van der Waals surface area contributed by atoms with Crippen molar-refractivity contribution in [2.75, 3.05) is 13.7 Å². The third kappa shape index (κ3) is 7.68. The quantitative estimate of drug-likeness (QED) is 0.514. The number of unbranched alkanes of at least 4 members (excludes halogenated alkanes) is 5. The standard InChI is InChI=1S/C18H28N2O3/c1-3-4-5-6-7-10-13-19-17(21)18(22)20-14-15-11-8-9-12-16(15)23-2/h8-9,11-12H,3-7,10,13-14H2,1-2H3,(H,19,21)(H,20,22). The number of carbonyl (C=O) groups excluding carboxylic acids is 2. The number of methoxy groups -OCH3 is 1. The van der Waals surface area contributed by atoms with Gasteiger partial charge in [-0.2, -0.15) is 0 Å². The summed E-state index contributed by atoms with van der Waals surface area (Å²) in [6, 6.07) is 7.40. The summed E-state index contributed by atoms with van der Waals surface area (Å²) in [5.41, 5.74) is 0.840. The van der Waals surface area contributed by atoms with Crippen LogP contribution in [0.5, 0.6) is 5.75 Å². The van der Waals surface area contributed by atoms with Crippen molar-refractivity contribution >= 4 is 11.8 Å². The van der Waals surface area contributed by atoms with Gasteiger partial charge in [0.25, 0.3) is 0 Å². The van der Waals surface area contributed by atoms with E-state index < -0.39 is 11.8 Å². The van der Waals surface area contributed by atoms with E-state index in [1.807, 2.05) is 24.3 Å². The number of hydrogen-bond donors (Lipinski definition) is 2. The molecule has 0 radical (unpaired) electrons. The number of amides is 2. The molecule has 2 N–H and O–H groups in total. The molecule has 5 heteroatoms. The van der Waals surface area contributed by atoms with Crippen LogP contribution in [0.3, 0.4) is 0 Å². The van der Waals surface area contributed by atoms with E-state index >= 15 is 0 Å². The number of nitrogens with one attached hydrogen (secondary N) is 2. The molecule has 0 spiro atoms. The predicted molar refractivity (Wildman–Crippen MR) is 91.2 cm³/mol. The fourth-order valence-corrected chi connectivity index (χ4v) is 2.29. The van der Waals surface area contributed by atoms with E-state index in [1.165, 1.54) is 25.7 Å². The largest absolute Gasteiger partial charge is 0.496 e. The van der Waals surface area contributed by atoms with Gasteiger partial charge < -0.3 is 15.4 Å². The Labute approximate surface area is 138 Å². The summed E-state index contributed by atoms with van der Waals surface area (Å²) in [6.07, 6.45) is 6.91. The molecule has 0 saturated heterocycles. The first-order valence-electron chi connectivity index (χ1n) is 8.37. The van der Waals surface area contributed by atoms with Crippen LogP contribution in [0.1, 0.15) is 51.0 Å². The van der Waals surface area contributed by atoms with Crippen LogP contribution in [-0.2, 0) is 16.1 Å². The first-order chi connectivity index (χ1) is 11.2. The van der Waals surface area contributed by atoms with Crippen molar-refractivity contribution in [3.8, 4) is 5.75 Å². The van der Waals surface area contributed by atoms with Gasteiger partial charge in [-0.15, -0.1) is 0 Å². The molecule has 1 aromatic rings. The SMILES string of the molecule is CCCCCCCCNC(=O)C(=O)NCc1ccccc1OC. The topological polar surface area (TPSA) is 67.4 Å². The van der Waals surface area contributed by atoms with E-state index in [0.717, 1.165) is 18.4 Å². The Morgan fingerprint density at radius 2 is 1.61 bits per heavy atom. The van der Waals surface area contributed by atoms with Crippen molar-refractivity contribution in [1.82, 2.24) is 10.6 Å². The predicted octanol–water partition coefficient (Wildman–Crippen LogP) is 2.79. The van der Waals surface area contributed by atoms with Gasteiger partial charge in [0, 0.05) is 18.7 Å². The van der Waals surface area contributed by atoms with E-state index in [9.17, 15) is 9.59 Å². The van der Waals surface area contributed by atoms with Crippen molar-refractivity contribution in [2.24, 2.45) is 0 Å². The Morgan fingerprint density at radius 3 is 2.35 bits per heavy atom. The first-order valence-corrected chi connectivity index (χ1v) is 8.37. The number of rotatable bonds is 10. The fraction of sp³-hybridized carbons (Fsp3) is 0.556. The van der Waals surface area contributed by atoms with Gasteiger partial charge in [-0.25, -0.2) is 0 Å².